The minimum absolute atomic E-state index is 0.278. The third-order valence-corrected chi connectivity index (χ3v) is 3.96. The molecule has 1 saturated heterocycles. The second kappa shape index (κ2) is 8.54. The Kier molecular flexibility index (Phi) is 7.39. The minimum Gasteiger partial charge on any atom is -0.342 e. The highest BCUT2D eigenvalue weighted by atomic mass is 16.2. The van der Waals surface area contributed by atoms with Crippen LogP contribution >= 0.6 is 0 Å². The van der Waals surface area contributed by atoms with Gasteiger partial charge in [-0.3, -0.25) is 9.69 Å². The van der Waals surface area contributed by atoms with Crippen LogP contribution in [0.3, 0.4) is 0 Å². The van der Waals surface area contributed by atoms with Gasteiger partial charge in [0.05, 0.1) is 6.54 Å². The van der Waals surface area contributed by atoms with E-state index >= 15 is 0 Å². The van der Waals surface area contributed by atoms with Crippen molar-refractivity contribution in [3.63, 3.8) is 0 Å². The Labute approximate surface area is 118 Å². The van der Waals surface area contributed by atoms with Gasteiger partial charge < -0.3 is 9.80 Å². The van der Waals surface area contributed by atoms with Crippen LogP contribution in [0.15, 0.2) is 0 Å². The van der Waals surface area contributed by atoms with Crippen molar-refractivity contribution in [3.8, 4) is 0 Å². The Morgan fingerprint density at radius 1 is 1.05 bits per heavy atom. The fourth-order valence-corrected chi connectivity index (χ4v) is 2.48. The minimum atomic E-state index is 0.278. The molecule has 1 fully saturated rings. The first kappa shape index (κ1) is 16.4. The Bertz CT molecular complexity index is 256. The molecule has 0 radical (unpaired) electrons. The second-order valence-corrected chi connectivity index (χ2v) is 5.87. The van der Waals surface area contributed by atoms with Gasteiger partial charge in [0.15, 0.2) is 0 Å². The van der Waals surface area contributed by atoms with E-state index in [1.165, 1.54) is 13.0 Å². The number of likely N-dealkylation sites (N-methyl/N-ethyl adjacent to an activating group) is 1. The molecule has 4 nitrogen and oxygen atoms in total. The number of rotatable bonds is 7. The molecule has 1 aliphatic rings. The average molecular weight is 269 g/mol. The van der Waals surface area contributed by atoms with Crippen molar-refractivity contribution in [3.05, 3.63) is 0 Å². The maximum absolute atomic E-state index is 12.0. The lowest BCUT2D eigenvalue weighted by atomic mass is 10.1. The highest BCUT2D eigenvalue weighted by molar-refractivity contribution is 5.78. The fourth-order valence-electron chi connectivity index (χ4n) is 2.48. The summed E-state index contributed by atoms with van der Waals surface area (Å²) in [6.07, 6.45) is 1.28. The summed E-state index contributed by atoms with van der Waals surface area (Å²) in [4.78, 5) is 18.8. The van der Waals surface area contributed by atoms with Crippen molar-refractivity contribution in [2.75, 3.05) is 52.4 Å². The molecule has 1 aliphatic heterocycles. The molecule has 0 aromatic rings. The zero-order chi connectivity index (χ0) is 14.3. The third-order valence-electron chi connectivity index (χ3n) is 3.96. The summed E-state index contributed by atoms with van der Waals surface area (Å²) in [5, 5.41) is 0. The molecule has 4 heteroatoms. The van der Waals surface area contributed by atoms with E-state index in [2.05, 4.69) is 23.6 Å². The lowest BCUT2D eigenvalue weighted by Crippen LogP contribution is -2.50. The molecule has 0 spiro atoms. The molecule has 0 aromatic heterocycles. The predicted octanol–water partition coefficient (Wildman–Crippen LogP) is 1.52. The summed E-state index contributed by atoms with van der Waals surface area (Å²) in [6.45, 7) is 16.4. The van der Waals surface area contributed by atoms with Gasteiger partial charge in [-0.05, 0) is 32.7 Å². The largest absolute Gasteiger partial charge is 0.342 e. The summed E-state index contributed by atoms with van der Waals surface area (Å²) in [7, 11) is 0. The van der Waals surface area contributed by atoms with E-state index in [1.54, 1.807) is 0 Å². The molecule has 1 heterocycles. The van der Waals surface area contributed by atoms with Crippen LogP contribution in [0, 0.1) is 5.92 Å². The molecule has 0 aliphatic carbocycles. The molecular formula is C15H31N3O. The van der Waals surface area contributed by atoms with Gasteiger partial charge in [-0.15, -0.1) is 0 Å². The number of carbonyl (C=O) groups excluding carboxylic acids is 1. The Morgan fingerprint density at radius 2 is 1.58 bits per heavy atom. The maximum Gasteiger partial charge on any atom is 0.236 e. The highest BCUT2D eigenvalue weighted by Crippen LogP contribution is 2.06. The van der Waals surface area contributed by atoms with Gasteiger partial charge in [0.2, 0.25) is 5.91 Å². The van der Waals surface area contributed by atoms with E-state index in [-0.39, 0.29) is 5.91 Å². The number of hydrogen-bond donors (Lipinski definition) is 0. The third kappa shape index (κ3) is 5.91. The molecule has 1 amide bonds. The molecule has 112 valence electrons. The van der Waals surface area contributed by atoms with Crippen molar-refractivity contribution in [2.45, 2.75) is 34.1 Å². The van der Waals surface area contributed by atoms with Crippen LogP contribution in [0.2, 0.25) is 0 Å². The fraction of sp³-hybridized carbons (Fsp3) is 0.933. The van der Waals surface area contributed by atoms with Crippen molar-refractivity contribution >= 4 is 5.91 Å². The molecule has 0 unspecified atom stereocenters. The number of hydrogen-bond acceptors (Lipinski definition) is 3. The van der Waals surface area contributed by atoms with E-state index in [0.717, 1.165) is 45.2 Å². The topological polar surface area (TPSA) is 26.8 Å². The van der Waals surface area contributed by atoms with E-state index in [4.69, 9.17) is 0 Å². The van der Waals surface area contributed by atoms with Gasteiger partial charge in [-0.25, -0.2) is 0 Å². The smallest absolute Gasteiger partial charge is 0.236 e. The summed E-state index contributed by atoms with van der Waals surface area (Å²) < 4.78 is 0. The molecule has 0 saturated carbocycles. The van der Waals surface area contributed by atoms with Crippen molar-refractivity contribution < 1.29 is 4.79 Å². The van der Waals surface area contributed by atoms with E-state index in [9.17, 15) is 4.79 Å². The monoisotopic (exact) mass is 269 g/mol. The van der Waals surface area contributed by atoms with Gasteiger partial charge in [0, 0.05) is 39.3 Å². The zero-order valence-electron chi connectivity index (χ0n) is 13.2. The van der Waals surface area contributed by atoms with Crippen LogP contribution in [-0.4, -0.2) is 73.0 Å². The molecule has 1 rings (SSSR count). The molecular weight excluding hydrogens is 238 g/mol. The van der Waals surface area contributed by atoms with Crippen LogP contribution in [0.25, 0.3) is 0 Å². The number of piperazine rings is 1. The van der Waals surface area contributed by atoms with Crippen molar-refractivity contribution in [2.24, 2.45) is 5.92 Å². The first-order valence-corrected chi connectivity index (χ1v) is 7.79. The number of carbonyl (C=O) groups is 1. The molecule has 0 bridgehead atoms. The quantitative estimate of drug-likeness (QED) is 0.701. The van der Waals surface area contributed by atoms with E-state index < -0.39 is 0 Å². The molecule has 0 N–H and O–H groups in total. The van der Waals surface area contributed by atoms with Crippen LogP contribution in [0.1, 0.15) is 34.1 Å². The summed E-state index contributed by atoms with van der Waals surface area (Å²) in [6, 6.07) is 0. The van der Waals surface area contributed by atoms with Crippen LogP contribution in [0.5, 0.6) is 0 Å². The Morgan fingerprint density at radius 3 is 2.05 bits per heavy atom. The molecule has 0 atom stereocenters. The lowest BCUT2D eigenvalue weighted by Gasteiger charge is -2.35. The van der Waals surface area contributed by atoms with Crippen LogP contribution < -0.4 is 0 Å². The van der Waals surface area contributed by atoms with Gasteiger partial charge in [-0.2, -0.15) is 0 Å². The predicted molar refractivity (Wildman–Crippen MR) is 80.3 cm³/mol. The summed E-state index contributed by atoms with van der Waals surface area (Å²) >= 11 is 0. The second-order valence-electron chi connectivity index (χ2n) is 5.87. The van der Waals surface area contributed by atoms with E-state index in [0.29, 0.717) is 6.54 Å². The standard InChI is InChI=1S/C15H31N3O/c1-5-18(6-2)15(19)13-17-11-9-16(10-12-17)8-7-14(3)4/h14H,5-13H2,1-4H3. The average Bonchev–Trinajstić information content (AvgIpc) is 2.39. The number of nitrogens with zero attached hydrogens (tertiary/aromatic N) is 3. The zero-order valence-corrected chi connectivity index (χ0v) is 13.2. The Hall–Kier alpha value is -0.610. The summed E-state index contributed by atoms with van der Waals surface area (Å²) in [5.74, 6) is 1.06. The van der Waals surface area contributed by atoms with Gasteiger partial charge in [-0.1, -0.05) is 13.8 Å². The SMILES string of the molecule is CCN(CC)C(=O)CN1CCN(CCC(C)C)CC1. The van der Waals surface area contributed by atoms with Gasteiger partial charge in [0.25, 0.3) is 0 Å². The van der Waals surface area contributed by atoms with Crippen LogP contribution in [-0.2, 0) is 4.79 Å². The van der Waals surface area contributed by atoms with E-state index in [1.807, 2.05) is 18.7 Å². The van der Waals surface area contributed by atoms with Crippen molar-refractivity contribution in [1.29, 1.82) is 0 Å². The Balaban J connectivity index is 2.24. The van der Waals surface area contributed by atoms with Gasteiger partial charge in [0.1, 0.15) is 0 Å². The highest BCUT2D eigenvalue weighted by Gasteiger charge is 2.20. The summed E-state index contributed by atoms with van der Waals surface area (Å²) in [5.41, 5.74) is 0. The lowest BCUT2D eigenvalue weighted by molar-refractivity contribution is -0.132. The maximum atomic E-state index is 12.0. The number of amides is 1. The normalized spacial score (nSPS) is 17.9. The van der Waals surface area contributed by atoms with Crippen molar-refractivity contribution in [1.82, 2.24) is 14.7 Å². The van der Waals surface area contributed by atoms with Gasteiger partial charge >= 0.3 is 0 Å². The molecule has 0 aromatic carbocycles. The first-order valence-electron chi connectivity index (χ1n) is 7.79. The van der Waals surface area contributed by atoms with Crippen LogP contribution in [0.4, 0.5) is 0 Å². The first-order chi connectivity index (χ1) is 9.06. The molecule has 19 heavy (non-hydrogen) atoms.